The molecule has 0 bridgehead atoms. The van der Waals surface area contributed by atoms with E-state index in [2.05, 4.69) is 16.1 Å². The number of halogens is 1. The summed E-state index contributed by atoms with van der Waals surface area (Å²) in [7, 11) is 0. The number of hydrogen-bond donors (Lipinski definition) is 2. The minimum Gasteiger partial charge on any atom is -0.480 e. The second-order valence-electron chi connectivity index (χ2n) is 2.58. The average Bonchev–Trinajstić information content (AvgIpc) is 2.11. The quantitative estimate of drug-likeness (QED) is 0.677. The van der Waals surface area contributed by atoms with Crippen LogP contribution >= 0.6 is 16.1 Å². The second-order valence-corrected chi connectivity index (χ2v) is 3.35. The van der Waals surface area contributed by atoms with Gasteiger partial charge in [-0.2, -0.15) is 0 Å². The van der Waals surface area contributed by atoms with Gasteiger partial charge in [0, 0.05) is 6.42 Å². The molecular weight excluding hydrogens is 256 g/mol. The van der Waals surface area contributed by atoms with Gasteiger partial charge in [-0.05, 0) is 0 Å². The van der Waals surface area contributed by atoms with Crippen LogP contribution in [0.1, 0.15) is 19.8 Å². The predicted molar refractivity (Wildman–Crippen MR) is 51.3 cm³/mol. The summed E-state index contributed by atoms with van der Waals surface area (Å²) in [5.74, 6) is -2.47. The lowest BCUT2D eigenvalue weighted by Crippen LogP contribution is -2.41. The first-order chi connectivity index (χ1) is 6.40. The van der Waals surface area contributed by atoms with Gasteiger partial charge in [0.2, 0.25) is 11.8 Å². The molecular formula is C7H11BrN2O4. The molecule has 80 valence electrons. The van der Waals surface area contributed by atoms with Crippen LogP contribution in [0.2, 0.25) is 0 Å². The first kappa shape index (κ1) is 12.9. The van der Waals surface area contributed by atoms with Crippen LogP contribution in [-0.4, -0.2) is 32.9 Å². The standard InChI is InChI=1S/C7H11BrN2O4/c1-2-6(12)10(8)4(7(13)14)3-5(9)11/h4H,2-3H2,1H3,(H2,9,11)(H,13,14)/t4-/m0/s1. The van der Waals surface area contributed by atoms with Gasteiger partial charge >= 0.3 is 5.97 Å². The zero-order valence-corrected chi connectivity index (χ0v) is 9.15. The van der Waals surface area contributed by atoms with Crippen molar-refractivity contribution < 1.29 is 19.5 Å². The van der Waals surface area contributed by atoms with Crippen molar-refractivity contribution in [3.8, 4) is 0 Å². The maximum Gasteiger partial charge on any atom is 0.327 e. The molecule has 3 N–H and O–H groups in total. The van der Waals surface area contributed by atoms with Crippen molar-refractivity contribution in [1.29, 1.82) is 0 Å². The number of aliphatic carboxylic acids is 1. The van der Waals surface area contributed by atoms with E-state index >= 15 is 0 Å². The minimum absolute atomic E-state index is 0.147. The van der Waals surface area contributed by atoms with E-state index in [9.17, 15) is 14.4 Å². The van der Waals surface area contributed by atoms with Crippen molar-refractivity contribution in [2.45, 2.75) is 25.8 Å². The molecule has 0 aliphatic heterocycles. The number of nitrogens with two attached hydrogens (primary N) is 1. The summed E-state index contributed by atoms with van der Waals surface area (Å²) >= 11 is 2.79. The van der Waals surface area contributed by atoms with Gasteiger partial charge in [0.05, 0.1) is 22.6 Å². The summed E-state index contributed by atoms with van der Waals surface area (Å²) < 4.78 is 0.833. The van der Waals surface area contributed by atoms with Gasteiger partial charge < -0.3 is 10.8 Å². The minimum atomic E-state index is -1.28. The van der Waals surface area contributed by atoms with Crippen LogP contribution in [-0.2, 0) is 14.4 Å². The van der Waals surface area contributed by atoms with Crippen LogP contribution in [0.15, 0.2) is 0 Å². The number of carbonyl (C=O) groups excluding carboxylic acids is 2. The molecule has 0 saturated carbocycles. The highest BCUT2D eigenvalue weighted by atomic mass is 79.9. The number of carboxylic acid groups (broad SMARTS) is 1. The monoisotopic (exact) mass is 266 g/mol. The Morgan fingerprint density at radius 2 is 2.00 bits per heavy atom. The molecule has 7 heteroatoms. The number of carboxylic acids is 1. The molecule has 0 fully saturated rings. The van der Waals surface area contributed by atoms with E-state index in [0.29, 0.717) is 0 Å². The fourth-order valence-electron chi connectivity index (χ4n) is 0.780. The van der Waals surface area contributed by atoms with E-state index in [0.717, 1.165) is 3.93 Å². The summed E-state index contributed by atoms with van der Waals surface area (Å²) in [5, 5.41) is 8.71. The van der Waals surface area contributed by atoms with E-state index in [-0.39, 0.29) is 6.42 Å². The maximum atomic E-state index is 11.1. The number of rotatable bonds is 5. The molecule has 0 aromatic rings. The fraction of sp³-hybridized carbons (Fsp3) is 0.571. The molecule has 0 saturated heterocycles. The van der Waals surface area contributed by atoms with Crippen LogP contribution in [0, 0.1) is 0 Å². The Hall–Kier alpha value is -1.11. The van der Waals surface area contributed by atoms with Gasteiger partial charge in [-0.1, -0.05) is 6.92 Å². The van der Waals surface area contributed by atoms with Crippen molar-refractivity contribution in [2.75, 3.05) is 0 Å². The Labute approximate surface area is 89.4 Å². The second kappa shape index (κ2) is 5.58. The normalized spacial score (nSPS) is 11.9. The van der Waals surface area contributed by atoms with Gasteiger partial charge in [0.1, 0.15) is 6.04 Å². The highest BCUT2D eigenvalue weighted by Crippen LogP contribution is 2.12. The van der Waals surface area contributed by atoms with E-state index in [4.69, 9.17) is 10.8 Å². The first-order valence-corrected chi connectivity index (χ1v) is 4.60. The molecule has 0 aliphatic carbocycles. The van der Waals surface area contributed by atoms with E-state index in [1.807, 2.05) is 0 Å². The molecule has 0 radical (unpaired) electrons. The lowest BCUT2D eigenvalue weighted by molar-refractivity contribution is -0.146. The molecule has 0 heterocycles. The van der Waals surface area contributed by atoms with Crippen molar-refractivity contribution in [3.63, 3.8) is 0 Å². The smallest absolute Gasteiger partial charge is 0.327 e. The van der Waals surface area contributed by atoms with Gasteiger partial charge in [0.15, 0.2) is 0 Å². The highest BCUT2D eigenvalue weighted by Gasteiger charge is 2.28. The fourth-order valence-corrected chi connectivity index (χ4v) is 1.35. The van der Waals surface area contributed by atoms with E-state index in [1.165, 1.54) is 0 Å². The lowest BCUT2D eigenvalue weighted by Gasteiger charge is -2.20. The van der Waals surface area contributed by atoms with Gasteiger partial charge in [-0.15, -0.1) is 0 Å². The Morgan fingerprint density at radius 1 is 1.50 bits per heavy atom. The lowest BCUT2D eigenvalue weighted by atomic mass is 10.2. The van der Waals surface area contributed by atoms with Crippen molar-refractivity contribution in [1.82, 2.24) is 3.93 Å². The SMILES string of the molecule is CCC(=O)N(Br)[C@@H](CC(N)=O)C(=O)O. The van der Waals surface area contributed by atoms with Crippen LogP contribution in [0.25, 0.3) is 0 Å². The number of carbonyl (C=O) groups is 3. The zero-order chi connectivity index (χ0) is 11.3. The molecule has 0 aromatic carbocycles. The summed E-state index contributed by atoms with van der Waals surface area (Å²) in [4.78, 5) is 32.3. The molecule has 1 atom stereocenters. The largest absolute Gasteiger partial charge is 0.480 e. The third-order valence-electron chi connectivity index (χ3n) is 1.49. The molecule has 2 amide bonds. The molecule has 14 heavy (non-hydrogen) atoms. The summed E-state index contributed by atoms with van der Waals surface area (Å²) in [5.41, 5.74) is 4.85. The summed E-state index contributed by atoms with van der Waals surface area (Å²) in [6.45, 7) is 1.58. The van der Waals surface area contributed by atoms with Crippen LogP contribution < -0.4 is 5.73 Å². The van der Waals surface area contributed by atoms with Gasteiger partial charge in [-0.25, -0.2) is 4.79 Å². The maximum absolute atomic E-state index is 11.1. The van der Waals surface area contributed by atoms with Crippen molar-refractivity contribution in [3.05, 3.63) is 0 Å². The Kier molecular flexibility index (Phi) is 5.14. The molecule has 0 unspecified atom stereocenters. The zero-order valence-electron chi connectivity index (χ0n) is 7.57. The molecule has 0 spiro atoms. The third-order valence-corrected chi connectivity index (χ3v) is 2.38. The van der Waals surface area contributed by atoms with Crippen LogP contribution in [0.3, 0.4) is 0 Å². The van der Waals surface area contributed by atoms with E-state index in [1.54, 1.807) is 6.92 Å². The molecule has 6 nitrogen and oxygen atoms in total. The van der Waals surface area contributed by atoms with Crippen molar-refractivity contribution >= 4 is 33.9 Å². The molecule has 0 aliphatic rings. The number of hydrogen-bond acceptors (Lipinski definition) is 3. The number of primary amides is 1. The number of nitrogens with zero attached hydrogens (tertiary/aromatic N) is 1. The van der Waals surface area contributed by atoms with Crippen LogP contribution in [0.5, 0.6) is 0 Å². The van der Waals surface area contributed by atoms with Gasteiger partial charge in [0.25, 0.3) is 0 Å². The number of amides is 2. The summed E-state index contributed by atoms with van der Waals surface area (Å²) in [6.07, 6.45) is -0.264. The highest BCUT2D eigenvalue weighted by molar-refractivity contribution is 9.07. The predicted octanol–water partition coefficient (Wildman–Crippen LogP) is -0.136. The molecule has 0 rings (SSSR count). The van der Waals surface area contributed by atoms with Crippen molar-refractivity contribution in [2.24, 2.45) is 5.73 Å². The van der Waals surface area contributed by atoms with Crippen LogP contribution in [0.4, 0.5) is 0 Å². The topological polar surface area (TPSA) is 101 Å². The Morgan fingerprint density at radius 3 is 2.29 bits per heavy atom. The Bertz CT molecular complexity index is 256. The Balaban J connectivity index is 4.56. The van der Waals surface area contributed by atoms with E-state index < -0.39 is 30.2 Å². The summed E-state index contributed by atoms with van der Waals surface area (Å²) in [6, 6.07) is -1.25. The third kappa shape index (κ3) is 3.73. The molecule has 0 aromatic heterocycles. The first-order valence-electron chi connectivity index (χ1n) is 3.89. The average molecular weight is 267 g/mol. The van der Waals surface area contributed by atoms with Gasteiger partial charge in [-0.3, -0.25) is 13.5 Å².